The number of hydrogen-bond acceptors (Lipinski definition) is 3. The maximum Gasteiger partial charge on any atom is 0.254 e. The summed E-state index contributed by atoms with van der Waals surface area (Å²) in [6, 6.07) is 3.38. The molecule has 1 aromatic rings. The zero-order valence-corrected chi connectivity index (χ0v) is 13.1. The molecule has 0 spiro atoms. The minimum atomic E-state index is -0.0342. The minimum absolute atomic E-state index is 0.0342. The second kappa shape index (κ2) is 6.50. The predicted octanol–water partition coefficient (Wildman–Crippen LogP) is 2.99. The van der Waals surface area contributed by atoms with E-state index in [-0.39, 0.29) is 11.8 Å². The number of carbonyl (C=O) groups is 1. The smallest absolute Gasteiger partial charge is 0.254 e. The van der Waals surface area contributed by atoms with Crippen molar-refractivity contribution in [3.63, 3.8) is 0 Å². The molecule has 0 N–H and O–H groups in total. The van der Waals surface area contributed by atoms with Gasteiger partial charge in [0.2, 0.25) is 0 Å². The van der Waals surface area contributed by atoms with Gasteiger partial charge in [0.25, 0.3) is 5.91 Å². The molecule has 5 heteroatoms. The lowest BCUT2D eigenvalue weighted by molar-refractivity contribution is 0.0707. The second-order valence-corrected chi connectivity index (χ2v) is 5.98. The molecule has 1 fully saturated rings. The minimum Gasteiger partial charge on any atom is -0.489 e. The van der Waals surface area contributed by atoms with Crippen molar-refractivity contribution < 1.29 is 14.3 Å². The van der Waals surface area contributed by atoms with Crippen LogP contribution in [0.5, 0.6) is 11.5 Å². The van der Waals surface area contributed by atoms with Gasteiger partial charge in [-0.1, -0.05) is 11.6 Å². The molecular weight excluding hydrogens is 302 g/mol. The Morgan fingerprint density at radius 2 is 2.00 bits per heavy atom. The van der Waals surface area contributed by atoms with E-state index in [1.54, 1.807) is 12.1 Å². The first-order valence-electron chi connectivity index (χ1n) is 7.53. The Bertz CT molecular complexity index is 615. The van der Waals surface area contributed by atoms with Crippen LogP contribution in [0, 0.1) is 18.3 Å². The standard InChI is InChI=1S/C17H18ClNO3/c1-2-12-4-6-19(7-5-12)17(20)13-10-14(18)16-15(11-13)21-8-3-9-22-16/h1,10-12H,3-9H2. The van der Waals surface area contributed by atoms with E-state index >= 15 is 0 Å². The summed E-state index contributed by atoms with van der Waals surface area (Å²) in [5.74, 6) is 4.08. The molecule has 4 nitrogen and oxygen atoms in total. The molecule has 0 aliphatic carbocycles. The molecule has 0 aromatic heterocycles. The molecule has 0 unspecified atom stereocenters. The third-order valence-corrected chi connectivity index (χ3v) is 4.35. The fourth-order valence-electron chi connectivity index (χ4n) is 2.79. The predicted molar refractivity (Wildman–Crippen MR) is 84.5 cm³/mol. The maximum atomic E-state index is 12.6. The number of amides is 1. The summed E-state index contributed by atoms with van der Waals surface area (Å²) in [7, 11) is 0. The number of rotatable bonds is 1. The largest absolute Gasteiger partial charge is 0.489 e. The van der Waals surface area contributed by atoms with Gasteiger partial charge in [-0.25, -0.2) is 0 Å². The number of ether oxygens (including phenoxy) is 2. The van der Waals surface area contributed by atoms with Crippen molar-refractivity contribution in [3.05, 3.63) is 22.7 Å². The molecule has 2 heterocycles. The molecular formula is C17H18ClNO3. The highest BCUT2D eigenvalue weighted by molar-refractivity contribution is 6.32. The molecule has 2 aliphatic rings. The van der Waals surface area contributed by atoms with Gasteiger partial charge in [-0.2, -0.15) is 0 Å². The van der Waals surface area contributed by atoms with Crippen LogP contribution in [0.25, 0.3) is 0 Å². The molecule has 116 valence electrons. The topological polar surface area (TPSA) is 38.8 Å². The summed E-state index contributed by atoms with van der Waals surface area (Å²) in [4.78, 5) is 14.5. The highest BCUT2D eigenvalue weighted by atomic mass is 35.5. The Morgan fingerprint density at radius 1 is 1.27 bits per heavy atom. The van der Waals surface area contributed by atoms with E-state index in [9.17, 15) is 4.79 Å². The molecule has 0 radical (unpaired) electrons. The van der Waals surface area contributed by atoms with Gasteiger partial charge in [0, 0.05) is 31.0 Å². The first-order valence-corrected chi connectivity index (χ1v) is 7.91. The van der Waals surface area contributed by atoms with Gasteiger partial charge in [-0.15, -0.1) is 12.3 Å². The molecule has 0 atom stereocenters. The normalized spacial score (nSPS) is 18.5. The van der Waals surface area contributed by atoms with Crippen LogP contribution in [-0.2, 0) is 0 Å². The van der Waals surface area contributed by atoms with E-state index in [1.807, 2.05) is 4.90 Å². The van der Waals surface area contributed by atoms with Crippen molar-refractivity contribution in [1.29, 1.82) is 0 Å². The van der Waals surface area contributed by atoms with Crippen LogP contribution >= 0.6 is 11.6 Å². The van der Waals surface area contributed by atoms with Crippen molar-refractivity contribution in [3.8, 4) is 23.8 Å². The lowest BCUT2D eigenvalue weighted by Crippen LogP contribution is -2.38. The summed E-state index contributed by atoms with van der Waals surface area (Å²) in [6.07, 6.45) is 7.94. The first-order chi connectivity index (χ1) is 10.7. The number of halogens is 1. The van der Waals surface area contributed by atoms with E-state index in [4.69, 9.17) is 27.5 Å². The molecule has 1 aromatic carbocycles. The van der Waals surface area contributed by atoms with Crippen LogP contribution in [0.15, 0.2) is 12.1 Å². The Morgan fingerprint density at radius 3 is 2.73 bits per heavy atom. The van der Waals surface area contributed by atoms with Gasteiger partial charge < -0.3 is 14.4 Å². The molecule has 1 saturated heterocycles. The first kappa shape index (κ1) is 15.1. The van der Waals surface area contributed by atoms with Crippen LogP contribution in [0.4, 0.5) is 0 Å². The summed E-state index contributed by atoms with van der Waals surface area (Å²) in [6.45, 7) is 2.49. The van der Waals surface area contributed by atoms with E-state index in [0.29, 0.717) is 48.4 Å². The van der Waals surface area contributed by atoms with E-state index in [1.165, 1.54) is 0 Å². The Hall–Kier alpha value is -1.86. The number of piperidine rings is 1. The SMILES string of the molecule is C#CC1CCN(C(=O)c2cc(Cl)c3c(c2)OCCCO3)CC1. The van der Waals surface area contributed by atoms with Gasteiger partial charge in [0.15, 0.2) is 11.5 Å². The average Bonchev–Trinajstić information content (AvgIpc) is 2.80. The van der Waals surface area contributed by atoms with E-state index in [2.05, 4.69) is 5.92 Å². The van der Waals surface area contributed by atoms with Crippen molar-refractivity contribution >= 4 is 17.5 Å². The monoisotopic (exact) mass is 319 g/mol. The number of likely N-dealkylation sites (tertiary alicyclic amines) is 1. The van der Waals surface area contributed by atoms with Gasteiger partial charge in [-0.3, -0.25) is 4.79 Å². The number of terminal acetylenes is 1. The molecule has 0 saturated carbocycles. The lowest BCUT2D eigenvalue weighted by Gasteiger charge is -2.30. The number of hydrogen-bond donors (Lipinski definition) is 0. The molecule has 3 rings (SSSR count). The van der Waals surface area contributed by atoms with Crippen molar-refractivity contribution in [1.82, 2.24) is 4.90 Å². The molecule has 0 bridgehead atoms. The van der Waals surface area contributed by atoms with Crippen LogP contribution in [0.3, 0.4) is 0 Å². The third-order valence-electron chi connectivity index (χ3n) is 4.07. The van der Waals surface area contributed by atoms with Crippen LogP contribution in [-0.4, -0.2) is 37.1 Å². The Labute approximate surface area is 135 Å². The number of nitrogens with zero attached hydrogens (tertiary/aromatic N) is 1. The van der Waals surface area contributed by atoms with Crippen LogP contribution in [0.2, 0.25) is 5.02 Å². The maximum absolute atomic E-state index is 12.6. The van der Waals surface area contributed by atoms with Crippen molar-refractivity contribution in [2.24, 2.45) is 5.92 Å². The number of fused-ring (bicyclic) bond motifs is 1. The van der Waals surface area contributed by atoms with E-state index < -0.39 is 0 Å². The zero-order chi connectivity index (χ0) is 15.5. The molecule has 22 heavy (non-hydrogen) atoms. The van der Waals surface area contributed by atoms with Gasteiger partial charge in [-0.05, 0) is 25.0 Å². The lowest BCUT2D eigenvalue weighted by atomic mass is 9.97. The number of carbonyl (C=O) groups excluding carboxylic acids is 1. The van der Waals surface area contributed by atoms with Gasteiger partial charge in [0.05, 0.1) is 18.2 Å². The van der Waals surface area contributed by atoms with Crippen molar-refractivity contribution in [2.75, 3.05) is 26.3 Å². The highest BCUT2D eigenvalue weighted by Crippen LogP contribution is 2.38. The van der Waals surface area contributed by atoms with Gasteiger partial charge in [0.1, 0.15) is 0 Å². The second-order valence-electron chi connectivity index (χ2n) is 5.57. The van der Waals surface area contributed by atoms with E-state index in [0.717, 1.165) is 19.3 Å². The Balaban J connectivity index is 1.80. The zero-order valence-electron chi connectivity index (χ0n) is 12.3. The molecule has 2 aliphatic heterocycles. The summed E-state index contributed by atoms with van der Waals surface area (Å²) < 4.78 is 11.2. The summed E-state index contributed by atoms with van der Waals surface area (Å²) >= 11 is 6.25. The van der Waals surface area contributed by atoms with Crippen LogP contribution < -0.4 is 9.47 Å². The van der Waals surface area contributed by atoms with Crippen molar-refractivity contribution in [2.45, 2.75) is 19.3 Å². The van der Waals surface area contributed by atoms with Crippen LogP contribution in [0.1, 0.15) is 29.6 Å². The molecule has 1 amide bonds. The quantitative estimate of drug-likeness (QED) is 0.747. The third kappa shape index (κ3) is 3.00. The average molecular weight is 320 g/mol. The number of benzene rings is 1. The fraction of sp³-hybridized carbons (Fsp3) is 0.471. The highest BCUT2D eigenvalue weighted by Gasteiger charge is 2.25. The summed E-state index contributed by atoms with van der Waals surface area (Å²) in [5.41, 5.74) is 0.536. The van der Waals surface area contributed by atoms with Gasteiger partial charge >= 0.3 is 0 Å². The summed E-state index contributed by atoms with van der Waals surface area (Å²) in [5, 5.41) is 0.418. The Kier molecular flexibility index (Phi) is 4.44. The fourth-order valence-corrected chi connectivity index (χ4v) is 3.05.